The van der Waals surface area contributed by atoms with E-state index in [1.165, 1.54) is 18.4 Å². The fourth-order valence-corrected chi connectivity index (χ4v) is 7.32. The van der Waals surface area contributed by atoms with Gasteiger partial charge in [-0.05, 0) is 79.7 Å². The van der Waals surface area contributed by atoms with Crippen LogP contribution in [0.4, 0.5) is 0 Å². The number of nitrogens with zero attached hydrogens (tertiary/aromatic N) is 4. The minimum absolute atomic E-state index is 0.295. The summed E-state index contributed by atoms with van der Waals surface area (Å²) >= 11 is 1.69. The number of amides is 1. The second-order valence-electron chi connectivity index (χ2n) is 11.5. The van der Waals surface area contributed by atoms with Crippen molar-refractivity contribution in [3.05, 3.63) is 48.2 Å². The molecule has 3 heterocycles. The third-order valence-electron chi connectivity index (χ3n) is 7.39. The molecule has 1 amide bonds. The van der Waals surface area contributed by atoms with Crippen molar-refractivity contribution >= 4 is 17.7 Å². The lowest BCUT2D eigenvalue weighted by Crippen LogP contribution is -2.37. The standard InChI is InChI=1S/C28H36N4O2S/c1-20-9-7-10-21(15-20)32-25(23-11-8-13-34-23)29-30-26(32)35-14-6-5-12-24(33)31-19-28(4)17-22(31)16-27(2,3)18-28/h7-11,13,15,22H,5-6,12,14,16-19H2,1-4H3. The van der Waals surface area contributed by atoms with Gasteiger partial charge in [-0.25, -0.2) is 0 Å². The van der Waals surface area contributed by atoms with Gasteiger partial charge in [0.15, 0.2) is 10.9 Å². The highest BCUT2D eigenvalue weighted by Crippen LogP contribution is 2.52. The molecule has 2 aromatic heterocycles. The Bertz CT molecular complexity index is 1190. The minimum Gasteiger partial charge on any atom is -0.461 e. The molecule has 6 nitrogen and oxygen atoms in total. The van der Waals surface area contributed by atoms with Crippen LogP contribution in [-0.4, -0.2) is 43.9 Å². The maximum atomic E-state index is 13.1. The Labute approximate surface area is 212 Å². The molecule has 2 fully saturated rings. The van der Waals surface area contributed by atoms with Crippen LogP contribution in [0.2, 0.25) is 0 Å². The van der Waals surface area contributed by atoms with Gasteiger partial charge in [0.2, 0.25) is 11.7 Å². The summed E-state index contributed by atoms with van der Waals surface area (Å²) in [6.07, 6.45) is 7.69. The van der Waals surface area contributed by atoms with Gasteiger partial charge < -0.3 is 9.32 Å². The summed E-state index contributed by atoms with van der Waals surface area (Å²) in [6, 6.07) is 12.5. The Morgan fingerprint density at radius 1 is 1.14 bits per heavy atom. The summed E-state index contributed by atoms with van der Waals surface area (Å²) in [5.74, 6) is 2.63. The fraction of sp³-hybridized carbons (Fsp3) is 0.536. The quantitative estimate of drug-likeness (QED) is 0.264. The molecular weight excluding hydrogens is 456 g/mol. The molecule has 0 N–H and O–H groups in total. The Kier molecular flexibility index (Phi) is 6.55. The van der Waals surface area contributed by atoms with E-state index in [0.717, 1.165) is 42.4 Å². The molecular formula is C28H36N4O2S. The molecule has 1 aliphatic carbocycles. The molecule has 0 radical (unpaired) electrons. The number of fused-ring (bicyclic) bond motifs is 2. The molecule has 186 valence electrons. The Hall–Kier alpha value is -2.54. The van der Waals surface area contributed by atoms with Gasteiger partial charge in [0.1, 0.15) is 0 Å². The van der Waals surface area contributed by atoms with Gasteiger partial charge in [0.05, 0.1) is 12.0 Å². The predicted molar refractivity (Wildman–Crippen MR) is 140 cm³/mol. The van der Waals surface area contributed by atoms with E-state index in [9.17, 15) is 4.79 Å². The van der Waals surface area contributed by atoms with E-state index in [1.54, 1.807) is 18.0 Å². The smallest absolute Gasteiger partial charge is 0.222 e. The highest BCUT2D eigenvalue weighted by molar-refractivity contribution is 7.99. The molecule has 2 atom stereocenters. The molecule has 1 aromatic carbocycles. The van der Waals surface area contributed by atoms with E-state index in [2.05, 4.69) is 65.6 Å². The highest BCUT2D eigenvalue weighted by Gasteiger charge is 2.50. The van der Waals surface area contributed by atoms with Gasteiger partial charge in [-0.2, -0.15) is 0 Å². The van der Waals surface area contributed by atoms with Crippen molar-refractivity contribution in [3.63, 3.8) is 0 Å². The first-order valence-corrected chi connectivity index (χ1v) is 13.7. The molecule has 0 spiro atoms. The van der Waals surface area contributed by atoms with Crippen molar-refractivity contribution in [1.29, 1.82) is 0 Å². The maximum absolute atomic E-state index is 13.1. The second kappa shape index (κ2) is 9.49. The van der Waals surface area contributed by atoms with Gasteiger partial charge in [-0.3, -0.25) is 9.36 Å². The van der Waals surface area contributed by atoms with Crippen molar-refractivity contribution < 1.29 is 9.21 Å². The number of hydrogen-bond donors (Lipinski definition) is 0. The number of unbranched alkanes of at least 4 members (excludes halogenated alkanes) is 1. The van der Waals surface area contributed by atoms with Gasteiger partial charge >= 0.3 is 0 Å². The normalized spacial score (nSPS) is 23.1. The van der Waals surface area contributed by atoms with E-state index < -0.39 is 0 Å². The number of likely N-dealkylation sites (tertiary alicyclic amines) is 1. The minimum atomic E-state index is 0.295. The monoisotopic (exact) mass is 492 g/mol. The highest BCUT2D eigenvalue weighted by atomic mass is 32.2. The molecule has 3 aromatic rings. The van der Waals surface area contributed by atoms with Crippen LogP contribution >= 0.6 is 11.8 Å². The van der Waals surface area contributed by atoms with E-state index in [4.69, 9.17) is 4.42 Å². The van der Waals surface area contributed by atoms with Crippen LogP contribution in [0, 0.1) is 17.8 Å². The number of thioether (sulfide) groups is 1. The first kappa shape index (κ1) is 24.2. The van der Waals surface area contributed by atoms with Crippen LogP contribution in [0.1, 0.15) is 64.9 Å². The van der Waals surface area contributed by atoms with Gasteiger partial charge in [-0.15, -0.1) is 10.2 Å². The SMILES string of the molecule is Cc1cccc(-n2c(SCCCCC(=O)N3CC4(C)CC3CC(C)(C)C4)nnc2-c2ccco2)c1. The van der Waals surface area contributed by atoms with E-state index in [-0.39, 0.29) is 0 Å². The van der Waals surface area contributed by atoms with Gasteiger partial charge in [0, 0.05) is 24.8 Å². The number of rotatable bonds is 8. The van der Waals surface area contributed by atoms with Crippen LogP contribution < -0.4 is 0 Å². The van der Waals surface area contributed by atoms with Crippen LogP contribution in [0.5, 0.6) is 0 Å². The number of aromatic nitrogens is 3. The first-order valence-electron chi connectivity index (χ1n) is 12.7. The Morgan fingerprint density at radius 2 is 2.00 bits per heavy atom. The lowest BCUT2D eigenvalue weighted by Gasteiger charge is -2.39. The number of furan rings is 1. The van der Waals surface area contributed by atoms with Crippen molar-refractivity contribution in [1.82, 2.24) is 19.7 Å². The van der Waals surface area contributed by atoms with Gasteiger partial charge in [-0.1, -0.05) is 44.7 Å². The molecule has 1 aliphatic heterocycles. The number of hydrogen-bond acceptors (Lipinski definition) is 5. The van der Waals surface area contributed by atoms with Crippen molar-refractivity contribution in [2.45, 2.75) is 77.4 Å². The molecule has 5 rings (SSSR count). The van der Waals surface area contributed by atoms with Gasteiger partial charge in [0.25, 0.3) is 0 Å². The third kappa shape index (κ3) is 5.20. The molecule has 1 saturated carbocycles. The van der Waals surface area contributed by atoms with E-state index >= 15 is 0 Å². The Balaban J connectivity index is 1.19. The first-order chi connectivity index (χ1) is 16.7. The zero-order valence-corrected chi connectivity index (χ0v) is 22.1. The average Bonchev–Trinajstić information content (AvgIpc) is 3.50. The summed E-state index contributed by atoms with van der Waals surface area (Å²) in [5, 5.41) is 9.75. The van der Waals surface area contributed by atoms with Crippen LogP contribution in [-0.2, 0) is 4.79 Å². The summed E-state index contributed by atoms with van der Waals surface area (Å²) in [5.41, 5.74) is 2.84. The van der Waals surface area contributed by atoms with E-state index in [1.807, 2.05) is 18.2 Å². The van der Waals surface area contributed by atoms with E-state index in [0.29, 0.717) is 40.8 Å². The van der Waals surface area contributed by atoms with Crippen LogP contribution in [0.25, 0.3) is 17.3 Å². The molecule has 2 unspecified atom stereocenters. The third-order valence-corrected chi connectivity index (χ3v) is 8.40. The molecule has 1 saturated heterocycles. The summed E-state index contributed by atoms with van der Waals surface area (Å²) in [6.45, 7) is 10.1. The number of aryl methyl sites for hydroxylation is 1. The van der Waals surface area contributed by atoms with Crippen LogP contribution in [0.3, 0.4) is 0 Å². The number of carbonyl (C=O) groups excluding carboxylic acids is 1. The van der Waals surface area contributed by atoms with Crippen molar-refractivity contribution in [2.24, 2.45) is 10.8 Å². The maximum Gasteiger partial charge on any atom is 0.222 e. The zero-order valence-electron chi connectivity index (χ0n) is 21.3. The number of carbonyl (C=O) groups is 1. The zero-order chi connectivity index (χ0) is 24.6. The van der Waals surface area contributed by atoms with Crippen LogP contribution in [0.15, 0.2) is 52.2 Å². The van der Waals surface area contributed by atoms with Crippen molar-refractivity contribution in [2.75, 3.05) is 12.3 Å². The molecule has 7 heteroatoms. The number of benzene rings is 1. The average molecular weight is 493 g/mol. The lowest BCUT2D eigenvalue weighted by atomic mass is 9.65. The van der Waals surface area contributed by atoms with Crippen molar-refractivity contribution in [3.8, 4) is 17.3 Å². The molecule has 2 bridgehead atoms. The summed E-state index contributed by atoms with van der Waals surface area (Å²) in [4.78, 5) is 15.3. The largest absolute Gasteiger partial charge is 0.461 e. The topological polar surface area (TPSA) is 64.2 Å². The predicted octanol–water partition coefficient (Wildman–Crippen LogP) is 6.53. The fourth-order valence-electron chi connectivity index (χ4n) is 6.37. The molecule has 35 heavy (non-hydrogen) atoms. The second-order valence-corrected chi connectivity index (χ2v) is 12.6. The lowest BCUT2D eigenvalue weighted by molar-refractivity contribution is -0.132. The summed E-state index contributed by atoms with van der Waals surface area (Å²) in [7, 11) is 0. The molecule has 2 aliphatic rings. The summed E-state index contributed by atoms with van der Waals surface area (Å²) < 4.78 is 7.68. The Morgan fingerprint density at radius 3 is 2.77 bits per heavy atom.